The Morgan fingerprint density at radius 1 is 0.905 bits per heavy atom. The summed E-state index contributed by atoms with van der Waals surface area (Å²) in [7, 11) is 0. The zero-order chi connectivity index (χ0) is 30.5. The average molecular weight is 613 g/mol. The molecule has 0 aliphatic carbocycles. The van der Waals surface area contributed by atoms with Gasteiger partial charge in [-0.15, -0.1) is 0 Å². The van der Waals surface area contributed by atoms with Gasteiger partial charge < -0.3 is 15.0 Å². The highest BCUT2D eigenvalue weighted by atomic mass is 32.2. The minimum atomic E-state index is -5.39. The molecular weight excluding hydrogens is 589 g/mol. The first-order chi connectivity index (χ1) is 19.8. The highest BCUT2D eigenvalue weighted by Gasteiger charge is 2.46. The first kappa shape index (κ1) is 31.1. The van der Waals surface area contributed by atoms with Crippen LogP contribution < -0.4 is 5.32 Å². The van der Waals surface area contributed by atoms with Gasteiger partial charge in [-0.2, -0.15) is 26.3 Å². The Bertz CT molecular complexity index is 1480. The van der Waals surface area contributed by atoms with Crippen molar-refractivity contribution in [2.45, 2.75) is 22.1 Å². The molecule has 42 heavy (non-hydrogen) atoms. The average Bonchev–Trinajstić information content (AvgIpc) is 2.94. The molecule has 1 aliphatic rings. The molecule has 3 aromatic rings. The van der Waals surface area contributed by atoms with Gasteiger partial charge in [0.15, 0.2) is 5.78 Å². The number of ketones is 1. The van der Waals surface area contributed by atoms with Crippen LogP contribution in [0.4, 0.5) is 36.4 Å². The Labute approximate surface area is 240 Å². The van der Waals surface area contributed by atoms with E-state index in [1.54, 1.807) is 0 Å². The second kappa shape index (κ2) is 13.0. The molecule has 1 N–H and O–H groups in total. The lowest BCUT2D eigenvalue weighted by Gasteiger charge is -2.25. The molecule has 0 spiro atoms. The van der Waals surface area contributed by atoms with Crippen LogP contribution in [0.1, 0.15) is 27.0 Å². The minimum absolute atomic E-state index is 0.114. The summed E-state index contributed by atoms with van der Waals surface area (Å²) < 4.78 is 103. The summed E-state index contributed by atoms with van der Waals surface area (Å²) in [5, 5.41) is 2.79. The maximum atomic E-state index is 14.2. The molecule has 1 heterocycles. The molecule has 1 aliphatic heterocycles. The molecule has 13 heteroatoms. The van der Waals surface area contributed by atoms with Gasteiger partial charge in [0.25, 0.3) is 0 Å². The molecule has 222 valence electrons. The molecule has 0 radical (unpaired) electrons. The van der Waals surface area contributed by atoms with Gasteiger partial charge in [0, 0.05) is 40.2 Å². The molecule has 0 unspecified atom stereocenters. The maximum absolute atomic E-state index is 14.2. The van der Waals surface area contributed by atoms with Gasteiger partial charge in [0.05, 0.1) is 30.9 Å². The van der Waals surface area contributed by atoms with Crippen molar-refractivity contribution in [3.8, 4) is 0 Å². The third-order valence-corrected chi connectivity index (χ3v) is 7.21. The normalized spacial score (nSPS) is 14.3. The highest BCUT2D eigenvalue weighted by Crippen LogP contribution is 2.48. The number of hydrogen-bond donors (Lipinski definition) is 1. The van der Waals surface area contributed by atoms with E-state index in [9.17, 15) is 40.3 Å². The van der Waals surface area contributed by atoms with Gasteiger partial charge in [-0.25, -0.2) is 4.39 Å². The number of halogens is 7. The zero-order valence-electron chi connectivity index (χ0n) is 21.7. The Hall–Kier alpha value is -3.84. The number of Topliss-reactive ketones (excluding diaryl/α,β-unsaturated/α-hetero) is 1. The number of hydrogen-bond acceptors (Lipinski definition) is 5. The first-order valence-corrected chi connectivity index (χ1v) is 13.3. The number of morpholine rings is 1. The lowest BCUT2D eigenvalue weighted by molar-refractivity contribution is -0.163. The van der Waals surface area contributed by atoms with E-state index < -0.39 is 51.4 Å². The summed E-state index contributed by atoms with van der Waals surface area (Å²) in [6.45, 7) is 0.667. The van der Waals surface area contributed by atoms with E-state index in [2.05, 4.69) is 5.32 Å². The van der Waals surface area contributed by atoms with Gasteiger partial charge in [-0.3, -0.25) is 9.59 Å². The molecule has 0 bridgehead atoms. The van der Waals surface area contributed by atoms with E-state index in [-0.39, 0.29) is 43.3 Å². The summed E-state index contributed by atoms with van der Waals surface area (Å²) >= 11 is 0.466. The second-order valence-corrected chi connectivity index (χ2v) is 10.2. The van der Waals surface area contributed by atoms with Crippen molar-refractivity contribution in [1.82, 2.24) is 4.90 Å². The van der Waals surface area contributed by atoms with E-state index in [0.29, 0.717) is 17.4 Å². The number of ether oxygens (including phenoxy) is 1. The van der Waals surface area contributed by atoms with Crippen LogP contribution in [0.3, 0.4) is 0 Å². The lowest BCUT2D eigenvalue weighted by atomic mass is 9.99. The first-order valence-electron chi connectivity index (χ1n) is 12.5. The van der Waals surface area contributed by atoms with Crippen LogP contribution >= 0.6 is 11.8 Å². The van der Waals surface area contributed by atoms with Crippen molar-refractivity contribution in [3.63, 3.8) is 0 Å². The SMILES string of the molecule is O=C(CNc1cccc(Sc2ccc(C=CC(=O)N3CCOCC3)c(C(F)(F)F)c2C(F)(F)F)c1)c1cccc(F)c1. The van der Waals surface area contributed by atoms with Gasteiger partial charge >= 0.3 is 12.4 Å². The number of alkyl halides is 6. The molecule has 0 aromatic heterocycles. The van der Waals surface area contributed by atoms with E-state index >= 15 is 0 Å². The Balaban J connectivity index is 1.61. The topological polar surface area (TPSA) is 58.6 Å². The maximum Gasteiger partial charge on any atom is 0.418 e. The fourth-order valence-electron chi connectivity index (χ4n) is 4.20. The van der Waals surface area contributed by atoms with Crippen LogP contribution in [-0.4, -0.2) is 49.4 Å². The van der Waals surface area contributed by atoms with Crippen LogP contribution in [0, 0.1) is 5.82 Å². The predicted octanol–water partition coefficient (Wildman–Crippen LogP) is 7.18. The molecule has 5 nitrogen and oxygen atoms in total. The van der Waals surface area contributed by atoms with E-state index in [1.165, 1.54) is 47.4 Å². The monoisotopic (exact) mass is 612 g/mol. The smallest absolute Gasteiger partial charge is 0.378 e. The number of amides is 1. The Kier molecular flexibility index (Phi) is 9.62. The second-order valence-electron chi connectivity index (χ2n) is 9.09. The molecule has 1 amide bonds. The van der Waals surface area contributed by atoms with Gasteiger partial charge in [0.1, 0.15) is 5.82 Å². The fourth-order valence-corrected chi connectivity index (χ4v) is 5.25. The third-order valence-electron chi connectivity index (χ3n) is 6.16. The van der Waals surface area contributed by atoms with Crippen LogP contribution in [-0.2, 0) is 21.9 Å². The Morgan fingerprint density at radius 2 is 1.60 bits per heavy atom. The van der Waals surface area contributed by atoms with Crippen molar-refractivity contribution < 1.29 is 45.1 Å². The van der Waals surface area contributed by atoms with Crippen LogP contribution in [0.5, 0.6) is 0 Å². The van der Waals surface area contributed by atoms with E-state index in [4.69, 9.17) is 4.74 Å². The van der Waals surface area contributed by atoms with E-state index in [1.807, 2.05) is 0 Å². The van der Waals surface area contributed by atoms with Gasteiger partial charge in [-0.05, 0) is 48.0 Å². The van der Waals surface area contributed by atoms with E-state index in [0.717, 1.165) is 30.4 Å². The number of carbonyl (C=O) groups excluding carboxylic acids is 2. The standard InChI is InChI=1S/C29H23F7N2O3S/c30-20-4-1-3-19(15-20)23(39)17-37-21-5-2-6-22(16-21)42-24-9-7-18(8-10-25(40)38-11-13-41-14-12-38)26(28(31,32)33)27(24)29(34,35)36/h1-10,15-16,37H,11-14,17H2. The van der Waals surface area contributed by atoms with Crippen molar-refractivity contribution in [1.29, 1.82) is 0 Å². The number of rotatable bonds is 8. The number of carbonyl (C=O) groups is 2. The third kappa shape index (κ3) is 7.91. The molecule has 4 rings (SSSR count). The van der Waals surface area contributed by atoms with Crippen molar-refractivity contribution in [3.05, 3.63) is 94.8 Å². The predicted molar refractivity (Wildman–Crippen MR) is 143 cm³/mol. The summed E-state index contributed by atoms with van der Waals surface area (Å²) in [4.78, 5) is 25.5. The summed E-state index contributed by atoms with van der Waals surface area (Å²) in [6.07, 6.45) is -9.20. The summed E-state index contributed by atoms with van der Waals surface area (Å²) in [5.41, 5.74) is -4.15. The zero-order valence-corrected chi connectivity index (χ0v) is 22.5. The fraction of sp³-hybridized carbons (Fsp3) is 0.241. The number of benzene rings is 3. The van der Waals surface area contributed by atoms with Crippen LogP contribution in [0.25, 0.3) is 6.08 Å². The van der Waals surface area contributed by atoms with Crippen molar-refractivity contribution in [2.24, 2.45) is 0 Å². The van der Waals surface area contributed by atoms with Crippen LogP contribution in [0.2, 0.25) is 0 Å². The largest absolute Gasteiger partial charge is 0.418 e. The van der Waals surface area contributed by atoms with Gasteiger partial charge in [-0.1, -0.05) is 36.0 Å². The minimum Gasteiger partial charge on any atom is -0.378 e. The quantitative estimate of drug-likeness (QED) is 0.166. The number of nitrogens with one attached hydrogen (secondary N) is 1. The van der Waals surface area contributed by atoms with Gasteiger partial charge in [0.2, 0.25) is 5.91 Å². The van der Waals surface area contributed by atoms with Crippen molar-refractivity contribution >= 4 is 35.2 Å². The van der Waals surface area contributed by atoms with Crippen LogP contribution in [0.15, 0.2) is 76.5 Å². The summed E-state index contributed by atoms with van der Waals surface area (Å²) in [5.74, 6) is -1.68. The number of anilines is 1. The summed E-state index contributed by atoms with van der Waals surface area (Å²) in [6, 6.07) is 12.6. The molecule has 0 saturated carbocycles. The molecule has 3 aromatic carbocycles. The Morgan fingerprint density at radius 3 is 2.26 bits per heavy atom. The molecule has 1 saturated heterocycles. The number of nitrogens with zero attached hydrogens (tertiary/aromatic N) is 1. The lowest BCUT2D eigenvalue weighted by Crippen LogP contribution is -2.39. The highest BCUT2D eigenvalue weighted by molar-refractivity contribution is 7.99. The van der Waals surface area contributed by atoms with Crippen molar-refractivity contribution in [2.75, 3.05) is 38.2 Å². The molecule has 0 atom stereocenters. The molecule has 1 fully saturated rings. The molecular formula is C29H23F7N2O3S.